The van der Waals surface area contributed by atoms with Crippen LogP contribution in [0.25, 0.3) is 0 Å². The molecular formula is C17H31N3. The molecule has 0 radical (unpaired) electrons. The molecule has 0 unspecified atom stereocenters. The molecule has 1 heterocycles. The third-order valence-corrected chi connectivity index (χ3v) is 3.10. The molecule has 0 aromatic rings. The summed E-state index contributed by atoms with van der Waals surface area (Å²) in [5, 5.41) is 0. The zero-order valence-corrected chi connectivity index (χ0v) is 13.9. The topological polar surface area (TPSA) is 18.8 Å². The predicted molar refractivity (Wildman–Crippen MR) is 89.2 cm³/mol. The zero-order chi connectivity index (χ0) is 15.0. The van der Waals surface area contributed by atoms with Crippen molar-refractivity contribution in [2.45, 2.75) is 53.0 Å². The van der Waals surface area contributed by atoms with Crippen LogP contribution in [0, 0.1) is 0 Å². The highest BCUT2D eigenvalue weighted by Crippen LogP contribution is 2.15. The number of hydrogen-bond acceptors (Lipinski definition) is 1. The maximum absolute atomic E-state index is 4.93. The van der Waals surface area contributed by atoms with E-state index in [1.165, 1.54) is 0 Å². The highest BCUT2D eigenvalue weighted by atomic mass is 15.4. The molecule has 1 rings (SSSR count). The van der Waals surface area contributed by atoms with E-state index in [1.807, 2.05) is 0 Å². The average molecular weight is 277 g/mol. The fourth-order valence-corrected chi connectivity index (χ4v) is 2.17. The molecule has 1 saturated heterocycles. The third-order valence-electron chi connectivity index (χ3n) is 3.10. The SMILES string of the molecule is CC/C=C/CN1CCN(C/C=C/CC)C1=NC(C)(C)C. The monoisotopic (exact) mass is 277 g/mol. The first-order chi connectivity index (χ1) is 9.48. The second-order valence-electron chi connectivity index (χ2n) is 6.23. The summed E-state index contributed by atoms with van der Waals surface area (Å²) >= 11 is 0. The fraction of sp³-hybridized carbons (Fsp3) is 0.706. The summed E-state index contributed by atoms with van der Waals surface area (Å²) in [6.45, 7) is 14.9. The van der Waals surface area contributed by atoms with E-state index in [0.717, 1.165) is 45.0 Å². The first kappa shape index (κ1) is 16.8. The molecule has 114 valence electrons. The summed E-state index contributed by atoms with van der Waals surface area (Å²) < 4.78 is 0. The van der Waals surface area contributed by atoms with E-state index in [0.29, 0.717) is 0 Å². The van der Waals surface area contributed by atoms with Gasteiger partial charge < -0.3 is 9.80 Å². The highest BCUT2D eigenvalue weighted by Gasteiger charge is 2.26. The highest BCUT2D eigenvalue weighted by molar-refractivity contribution is 5.82. The molecule has 3 heteroatoms. The van der Waals surface area contributed by atoms with Gasteiger partial charge in [0.25, 0.3) is 0 Å². The summed E-state index contributed by atoms with van der Waals surface area (Å²) in [7, 11) is 0. The second kappa shape index (κ2) is 8.13. The molecule has 1 aliphatic rings. The van der Waals surface area contributed by atoms with Crippen molar-refractivity contribution in [3.05, 3.63) is 24.3 Å². The van der Waals surface area contributed by atoms with E-state index in [9.17, 15) is 0 Å². The number of rotatable bonds is 6. The van der Waals surface area contributed by atoms with Gasteiger partial charge in [0.1, 0.15) is 0 Å². The van der Waals surface area contributed by atoms with Crippen LogP contribution < -0.4 is 0 Å². The molecule has 0 N–H and O–H groups in total. The van der Waals surface area contributed by atoms with Crippen LogP contribution in [0.1, 0.15) is 47.5 Å². The molecule has 3 nitrogen and oxygen atoms in total. The third kappa shape index (κ3) is 5.81. The smallest absolute Gasteiger partial charge is 0.197 e. The lowest BCUT2D eigenvalue weighted by Gasteiger charge is -2.25. The maximum Gasteiger partial charge on any atom is 0.197 e. The van der Waals surface area contributed by atoms with Gasteiger partial charge in [-0.3, -0.25) is 0 Å². The first-order valence-corrected chi connectivity index (χ1v) is 7.87. The summed E-state index contributed by atoms with van der Waals surface area (Å²) in [5.74, 6) is 1.15. The normalized spacial score (nSPS) is 16.9. The lowest BCUT2D eigenvalue weighted by Crippen LogP contribution is -2.36. The van der Waals surface area contributed by atoms with E-state index in [-0.39, 0.29) is 5.54 Å². The van der Waals surface area contributed by atoms with Crippen LogP contribution in [0.5, 0.6) is 0 Å². The lowest BCUT2D eigenvalue weighted by atomic mass is 10.1. The lowest BCUT2D eigenvalue weighted by molar-refractivity contribution is 0.481. The molecule has 0 bridgehead atoms. The van der Waals surface area contributed by atoms with Crippen molar-refractivity contribution in [1.29, 1.82) is 0 Å². The Bertz CT molecular complexity index is 335. The van der Waals surface area contributed by atoms with Gasteiger partial charge in [0.2, 0.25) is 0 Å². The Morgan fingerprint density at radius 1 is 0.900 bits per heavy atom. The van der Waals surface area contributed by atoms with Gasteiger partial charge in [0.05, 0.1) is 5.54 Å². The largest absolute Gasteiger partial charge is 0.337 e. The van der Waals surface area contributed by atoms with Crippen LogP contribution >= 0.6 is 0 Å². The standard InChI is InChI=1S/C17H31N3/c1-6-8-10-12-19-14-15-20(13-11-9-7-2)16(19)18-17(3,4)5/h8-11H,6-7,12-15H2,1-5H3/b10-8+,11-9+. The van der Waals surface area contributed by atoms with Gasteiger partial charge in [-0.25, -0.2) is 4.99 Å². The summed E-state index contributed by atoms with van der Waals surface area (Å²) in [5.41, 5.74) is -0.0287. The number of guanidine groups is 1. The number of allylic oxidation sites excluding steroid dienone is 2. The van der Waals surface area contributed by atoms with E-state index in [4.69, 9.17) is 4.99 Å². The minimum absolute atomic E-state index is 0.0287. The van der Waals surface area contributed by atoms with Gasteiger partial charge in [-0.2, -0.15) is 0 Å². The number of aliphatic imine (C=N–C) groups is 1. The van der Waals surface area contributed by atoms with Crippen LogP contribution in [0.3, 0.4) is 0 Å². The van der Waals surface area contributed by atoms with E-state index >= 15 is 0 Å². The maximum atomic E-state index is 4.93. The Kier molecular flexibility index (Phi) is 6.83. The minimum Gasteiger partial charge on any atom is -0.337 e. The molecule has 0 aliphatic carbocycles. The molecule has 0 saturated carbocycles. The van der Waals surface area contributed by atoms with Gasteiger partial charge in [-0.05, 0) is 33.6 Å². The predicted octanol–water partition coefficient (Wildman–Crippen LogP) is 3.69. The summed E-state index contributed by atoms with van der Waals surface area (Å²) in [6, 6.07) is 0. The summed E-state index contributed by atoms with van der Waals surface area (Å²) in [4.78, 5) is 9.70. The molecule has 0 aromatic heterocycles. The Morgan fingerprint density at radius 2 is 1.35 bits per heavy atom. The fourth-order valence-electron chi connectivity index (χ4n) is 2.17. The Labute approximate surface area is 125 Å². The molecule has 0 amide bonds. The van der Waals surface area contributed by atoms with Gasteiger partial charge in [0.15, 0.2) is 5.96 Å². The van der Waals surface area contributed by atoms with Crippen LogP contribution in [0.2, 0.25) is 0 Å². The van der Waals surface area contributed by atoms with Gasteiger partial charge in [-0.1, -0.05) is 38.2 Å². The van der Waals surface area contributed by atoms with Crippen molar-refractivity contribution in [1.82, 2.24) is 9.80 Å². The average Bonchev–Trinajstić information content (AvgIpc) is 2.71. The first-order valence-electron chi connectivity index (χ1n) is 7.87. The van der Waals surface area contributed by atoms with E-state index in [2.05, 4.69) is 68.7 Å². The molecule has 20 heavy (non-hydrogen) atoms. The Morgan fingerprint density at radius 3 is 1.70 bits per heavy atom. The van der Waals surface area contributed by atoms with Crippen molar-refractivity contribution >= 4 is 5.96 Å². The van der Waals surface area contributed by atoms with Gasteiger partial charge in [-0.15, -0.1) is 0 Å². The molecule has 1 aliphatic heterocycles. The van der Waals surface area contributed by atoms with Crippen LogP contribution in [-0.2, 0) is 0 Å². The van der Waals surface area contributed by atoms with Crippen molar-refractivity contribution in [2.75, 3.05) is 26.2 Å². The molecule has 1 fully saturated rings. The Hall–Kier alpha value is -1.25. The van der Waals surface area contributed by atoms with Crippen LogP contribution in [0.15, 0.2) is 29.3 Å². The quantitative estimate of drug-likeness (QED) is 0.690. The summed E-state index contributed by atoms with van der Waals surface area (Å²) in [6.07, 6.45) is 11.2. The van der Waals surface area contributed by atoms with Crippen molar-refractivity contribution < 1.29 is 0 Å². The number of hydrogen-bond donors (Lipinski definition) is 0. The van der Waals surface area contributed by atoms with E-state index in [1.54, 1.807) is 0 Å². The second-order valence-corrected chi connectivity index (χ2v) is 6.23. The van der Waals surface area contributed by atoms with E-state index < -0.39 is 0 Å². The Balaban J connectivity index is 2.79. The van der Waals surface area contributed by atoms with Crippen molar-refractivity contribution in [2.24, 2.45) is 4.99 Å². The molecular weight excluding hydrogens is 246 g/mol. The van der Waals surface area contributed by atoms with Crippen molar-refractivity contribution in [3.8, 4) is 0 Å². The molecule has 0 spiro atoms. The molecule has 0 aromatic carbocycles. The zero-order valence-electron chi connectivity index (χ0n) is 13.9. The van der Waals surface area contributed by atoms with Crippen LogP contribution in [-0.4, -0.2) is 47.5 Å². The van der Waals surface area contributed by atoms with Crippen LogP contribution in [0.4, 0.5) is 0 Å². The van der Waals surface area contributed by atoms with Crippen molar-refractivity contribution in [3.63, 3.8) is 0 Å². The minimum atomic E-state index is -0.0287. The van der Waals surface area contributed by atoms with Gasteiger partial charge in [0, 0.05) is 26.2 Å². The molecule has 0 atom stereocenters. The van der Waals surface area contributed by atoms with Gasteiger partial charge >= 0.3 is 0 Å². The number of nitrogens with zero attached hydrogens (tertiary/aromatic N) is 3.